The van der Waals surface area contributed by atoms with E-state index in [4.69, 9.17) is 0 Å². The maximum atomic E-state index is 14.9. The van der Waals surface area contributed by atoms with Crippen molar-refractivity contribution in [2.45, 2.75) is 51.5 Å². The summed E-state index contributed by atoms with van der Waals surface area (Å²) in [5, 5.41) is 11.9. The summed E-state index contributed by atoms with van der Waals surface area (Å²) >= 11 is 0. The average molecular weight is 515 g/mol. The number of nitrogens with one attached hydrogen (secondary N) is 2. The number of rotatable bonds is 7. The van der Waals surface area contributed by atoms with E-state index in [1.807, 2.05) is 30.5 Å². The van der Waals surface area contributed by atoms with Crippen LogP contribution in [-0.2, 0) is 6.54 Å². The molecule has 2 N–H and O–H groups in total. The van der Waals surface area contributed by atoms with Crippen LogP contribution in [0.1, 0.15) is 56.2 Å². The molecule has 9 heteroatoms. The van der Waals surface area contributed by atoms with E-state index in [1.54, 1.807) is 0 Å². The lowest BCUT2D eigenvalue weighted by atomic mass is 9.85. The van der Waals surface area contributed by atoms with Crippen molar-refractivity contribution < 1.29 is 4.39 Å². The number of anilines is 2. The van der Waals surface area contributed by atoms with Gasteiger partial charge >= 0.3 is 0 Å². The van der Waals surface area contributed by atoms with Crippen molar-refractivity contribution >= 4 is 22.7 Å². The minimum absolute atomic E-state index is 0.267. The molecule has 0 amide bonds. The predicted molar refractivity (Wildman–Crippen MR) is 148 cm³/mol. The predicted octanol–water partition coefficient (Wildman–Crippen LogP) is 5.48. The van der Waals surface area contributed by atoms with Crippen molar-refractivity contribution in [1.29, 1.82) is 0 Å². The fourth-order valence-corrected chi connectivity index (χ4v) is 5.74. The molecule has 0 spiro atoms. The highest BCUT2D eigenvalue weighted by molar-refractivity contribution is 5.86. The lowest BCUT2D eigenvalue weighted by Gasteiger charge is -2.33. The Morgan fingerprint density at radius 3 is 2.55 bits per heavy atom. The quantitative estimate of drug-likeness (QED) is 0.338. The summed E-state index contributed by atoms with van der Waals surface area (Å²) in [6, 6.07) is 9.82. The molecule has 6 rings (SSSR count). The number of pyridine rings is 1. The van der Waals surface area contributed by atoms with Crippen LogP contribution in [0.4, 0.5) is 16.2 Å². The Hall–Kier alpha value is -3.43. The van der Waals surface area contributed by atoms with Crippen LogP contribution in [-0.4, -0.2) is 67.7 Å². The third-order valence-corrected chi connectivity index (χ3v) is 8.00. The molecule has 2 fully saturated rings. The Balaban J connectivity index is 1.17. The van der Waals surface area contributed by atoms with Gasteiger partial charge in [0.05, 0.1) is 11.7 Å². The van der Waals surface area contributed by atoms with E-state index in [9.17, 15) is 4.39 Å². The van der Waals surface area contributed by atoms with Gasteiger partial charge < -0.3 is 10.2 Å². The normalized spacial score (nSPS) is 17.7. The Morgan fingerprint density at radius 2 is 1.79 bits per heavy atom. The maximum absolute atomic E-state index is 14.9. The second-order valence-electron chi connectivity index (χ2n) is 10.5. The van der Waals surface area contributed by atoms with Gasteiger partial charge in [-0.15, -0.1) is 0 Å². The van der Waals surface area contributed by atoms with E-state index >= 15 is 0 Å². The second kappa shape index (κ2) is 11.1. The van der Waals surface area contributed by atoms with Crippen LogP contribution in [0.3, 0.4) is 0 Å². The fraction of sp³-hybridized carbons (Fsp3) is 0.448. The molecule has 1 saturated heterocycles. The number of hydrogen-bond donors (Lipinski definition) is 2. The van der Waals surface area contributed by atoms with Crippen molar-refractivity contribution in [1.82, 2.24) is 34.9 Å². The molecule has 2 aliphatic rings. The molecule has 3 aromatic heterocycles. The number of aromatic amines is 1. The number of benzene rings is 1. The zero-order valence-electron chi connectivity index (χ0n) is 22.0. The number of H-pyrrole nitrogens is 1. The zero-order valence-corrected chi connectivity index (χ0v) is 22.0. The van der Waals surface area contributed by atoms with Gasteiger partial charge in [-0.1, -0.05) is 38.3 Å². The first-order valence-electron chi connectivity index (χ1n) is 13.8. The zero-order chi connectivity index (χ0) is 25.9. The molecule has 0 unspecified atom stereocenters. The lowest BCUT2D eigenvalue weighted by Crippen LogP contribution is -2.45. The van der Waals surface area contributed by atoms with Gasteiger partial charge in [-0.25, -0.2) is 19.3 Å². The first kappa shape index (κ1) is 24.9. The molecule has 0 radical (unpaired) electrons. The van der Waals surface area contributed by atoms with E-state index in [0.717, 1.165) is 55.9 Å². The van der Waals surface area contributed by atoms with Gasteiger partial charge in [-0.3, -0.25) is 10.00 Å². The van der Waals surface area contributed by atoms with Gasteiger partial charge in [0.2, 0.25) is 5.95 Å². The summed E-state index contributed by atoms with van der Waals surface area (Å²) in [5.74, 6) is 0.972. The van der Waals surface area contributed by atoms with Gasteiger partial charge in [0.25, 0.3) is 0 Å². The number of nitrogens with zero attached hydrogens (tertiary/aromatic N) is 6. The molecule has 38 heavy (non-hydrogen) atoms. The van der Waals surface area contributed by atoms with Crippen molar-refractivity contribution in [3.63, 3.8) is 0 Å². The monoisotopic (exact) mass is 514 g/mol. The Labute approximate surface area is 222 Å². The van der Waals surface area contributed by atoms with E-state index < -0.39 is 5.82 Å². The number of piperazine rings is 1. The van der Waals surface area contributed by atoms with Crippen LogP contribution < -0.4 is 5.32 Å². The highest BCUT2D eigenvalue weighted by Crippen LogP contribution is 2.36. The van der Waals surface area contributed by atoms with Crippen molar-refractivity contribution in [3.8, 4) is 11.3 Å². The van der Waals surface area contributed by atoms with E-state index in [-0.39, 0.29) is 5.69 Å². The molecular formula is C29H35FN8. The molecular weight excluding hydrogens is 479 g/mol. The molecule has 0 bridgehead atoms. The SMILES string of the molecule is CCN1CCN(Cc2ccc(Nc3ncc(F)c(-c4ccc5n[nH]c(C6CCCCC6)c5c4)n3)nc2)CC1. The summed E-state index contributed by atoms with van der Waals surface area (Å²) in [6.07, 6.45) is 9.22. The molecule has 8 nitrogen and oxygen atoms in total. The number of fused-ring (bicyclic) bond motifs is 1. The lowest BCUT2D eigenvalue weighted by molar-refractivity contribution is 0.132. The number of aromatic nitrogens is 5. The molecule has 1 aromatic carbocycles. The average Bonchev–Trinajstić information content (AvgIpc) is 3.39. The van der Waals surface area contributed by atoms with Gasteiger partial charge in [0, 0.05) is 61.5 Å². The summed E-state index contributed by atoms with van der Waals surface area (Å²) < 4.78 is 14.9. The first-order valence-corrected chi connectivity index (χ1v) is 13.8. The molecule has 1 saturated carbocycles. The molecule has 1 aliphatic carbocycles. The smallest absolute Gasteiger partial charge is 0.229 e. The number of halogens is 1. The van der Waals surface area contributed by atoms with E-state index in [1.165, 1.54) is 43.9 Å². The van der Waals surface area contributed by atoms with Gasteiger partial charge in [-0.2, -0.15) is 5.10 Å². The van der Waals surface area contributed by atoms with Crippen LogP contribution in [0.2, 0.25) is 0 Å². The molecule has 0 atom stereocenters. The number of likely N-dealkylation sites (N-methyl/N-ethyl adjacent to an activating group) is 1. The molecule has 198 valence electrons. The standard InChI is InChI=1S/C29H35FN8/c1-2-37-12-14-38(15-13-37)19-20-8-11-26(31-17-20)33-29-32-18-24(30)28(34-29)22-9-10-25-23(16-22)27(36-35-25)21-6-4-3-5-7-21/h8-11,16-18,21H,2-7,12-15,19H2,1H3,(H,35,36)(H,31,32,33,34). The van der Waals surface area contributed by atoms with Crippen molar-refractivity contribution in [3.05, 3.63) is 59.8 Å². The summed E-state index contributed by atoms with van der Waals surface area (Å²) in [6.45, 7) is 8.60. The maximum Gasteiger partial charge on any atom is 0.229 e. The minimum atomic E-state index is -0.455. The van der Waals surface area contributed by atoms with Gasteiger partial charge in [-0.05, 0) is 43.1 Å². The second-order valence-corrected chi connectivity index (χ2v) is 10.5. The topological polar surface area (TPSA) is 85.9 Å². The van der Waals surface area contributed by atoms with E-state index in [2.05, 4.69) is 53.3 Å². The summed E-state index contributed by atoms with van der Waals surface area (Å²) in [7, 11) is 0. The first-order chi connectivity index (χ1) is 18.7. The summed E-state index contributed by atoms with van der Waals surface area (Å²) in [4.78, 5) is 18.2. The Morgan fingerprint density at radius 1 is 0.974 bits per heavy atom. The molecule has 4 aromatic rings. The van der Waals surface area contributed by atoms with Crippen LogP contribution in [0.15, 0.2) is 42.7 Å². The third kappa shape index (κ3) is 5.39. The Bertz CT molecular complexity index is 1370. The van der Waals surface area contributed by atoms with E-state index in [0.29, 0.717) is 23.2 Å². The van der Waals surface area contributed by atoms with Crippen LogP contribution in [0.5, 0.6) is 0 Å². The van der Waals surface area contributed by atoms with Crippen molar-refractivity contribution in [2.24, 2.45) is 0 Å². The van der Waals surface area contributed by atoms with Crippen LogP contribution in [0.25, 0.3) is 22.2 Å². The highest BCUT2D eigenvalue weighted by atomic mass is 19.1. The molecule has 4 heterocycles. The van der Waals surface area contributed by atoms with Crippen LogP contribution >= 0.6 is 0 Å². The largest absolute Gasteiger partial charge is 0.309 e. The third-order valence-electron chi connectivity index (χ3n) is 8.00. The highest BCUT2D eigenvalue weighted by Gasteiger charge is 2.21. The van der Waals surface area contributed by atoms with Gasteiger partial charge in [0.1, 0.15) is 11.5 Å². The summed E-state index contributed by atoms with van der Waals surface area (Å²) in [5.41, 5.74) is 4.21. The number of hydrogen-bond acceptors (Lipinski definition) is 7. The fourth-order valence-electron chi connectivity index (χ4n) is 5.74. The molecule has 1 aliphatic heterocycles. The Kier molecular flexibility index (Phi) is 7.29. The van der Waals surface area contributed by atoms with Gasteiger partial charge in [0.15, 0.2) is 5.82 Å². The van der Waals surface area contributed by atoms with Crippen LogP contribution in [0, 0.1) is 5.82 Å². The minimum Gasteiger partial charge on any atom is -0.309 e. The van der Waals surface area contributed by atoms with Crippen molar-refractivity contribution in [2.75, 3.05) is 38.0 Å².